The zero-order valence-corrected chi connectivity index (χ0v) is 13.5. The molecule has 0 aliphatic carbocycles. The SMILES string of the molecule is CCN(CC(F)(F)F)C(=O)[C@H]1CCCN(C(=O)c2cscn2)C1. The minimum absolute atomic E-state index is 0.00508. The molecule has 0 N–H and O–H groups in total. The van der Waals surface area contributed by atoms with Crippen LogP contribution in [-0.2, 0) is 4.79 Å². The zero-order chi connectivity index (χ0) is 17.0. The summed E-state index contributed by atoms with van der Waals surface area (Å²) in [6.45, 7) is 0.896. The van der Waals surface area contributed by atoms with E-state index >= 15 is 0 Å². The van der Waals surface area contributed by atoms with Gasteiger partial charge in [-0.25, -0.2) is 4.98 Å². The summed E-state index contributed by atoms with van der Waals surface area (Å²) in [5.74, 6) is -1.41. The van der Waals surface area contributed by atoms with E-state index in [2.05, 4.69) is 4.98 Å². The van der Waals surface area contributed by atoms with Crippen molar-refractivity contribution in [3.8, 4) is 0 Å². The number of amides is 2. The first-order valence-electron chi connectivity index (χ1n) is 7.35. The first-order chi connectivity index (χ1) is 10.8. The highest BCUT2D eigenvalue weighted by atomic mass is 32.1. The van der Waals surface area contributed by atoms with Crippen LogP contribution in [-0.4, -0.2) is 59.0 Å². The van der Waals surface area contributed by atoms with Gasteiger partial charge < -0.3 is 9.80 Å². The number of aromatic nitrogens is 1. The predicted molar refractivity (Wildman–Crippen MR) is 79.1 cm³/mol. The average Bonchev–Trinajstić information content (AvgIpc) is 3.05. The second kappa shape index (κ2) is 7.29. The van der Waals surface area contributed by atoms with Gasteiger partial charge in [-0.3, -0.25) is 9.59 Å². The summed E-state index contributed by atoms with van der Waals surface area (Å²) >= 11 is 1.30. The van der Waals surface area contributed by atoms with Crippen LogP contribution in [0.2, 0.25) is 0 Å². The first-order valence-corrected chi connectivity index (χ1v) is 8.29. The number of hydrogen-bond acceptors (Lipinski definition) is 4. The molecule has 1 aromatic heterocycles. The Bertz CT molecular complexity index is 548. The molecule has 1 fully saturated rings. The molecule has 1 aromatic rings. The highest BCUT2D eigenvalue weighted by Gasteiger charge is 2.36. The number of halogens is 3. The van der Waals surface area contributed by atoms with E-state index in [4.69, 9.17) is 0 Å². The molecule has 0 unspecified atom stereocenters. The van der Waals surface area contributed by atoms with E-state index in [0.717, 1.165) is 4.90 Å². The third-order valence-corrected chi connectivity index (χ3v) is 4.36. The van der Waals surface area contributed by atoms with E-state index in [1.165, 1.54) is 23.2 Å². The number of hydrogen-bond donors (Lipinski definition) is 0. The Balaban J connectivity index is 2.02. The quantitative estimate of drug-likeness (QED) is 0.839. The predicted octanol–water partition coefficient (Wildman–Crippen LogP) is 2.41. The number of piperidine rings is 1. The topological polar surface area (TPSA) is 53.5 Å². The first kappa shape index (κ1) is 17.7. The van der Waals surface area contributed by atoms with Crippen LogP contribution in [0.3, 0.4) is 0 Å². The van der Waals surface area contributed by atoms with Crippen molar-refractivity contribution in [2.45, 2.75) is 25.9 Å². The average molecular weight is 349 g/mol. The number of rotatable bonds is 4. The summed E-state index contributed by atoms with van der Waals surface area (Å²) in [6, 6.07) is 0. The molecule has 1 aliphatic heterocycles. The molecule has 2 amide bonds. The van der Waals surface area contributed by atoms with Crippen LogP contribution in [0.4, 0.5) is 13.2 Å². The Labute approximate surface area is 136 Å². The van der Waals surface area contributed by atoms with Gasteiger partial charge in [0, 0.05) is 25.0 Å². The highest BCUT2D eigenvalue weighted by molar-refractivity contribution is 7.07. The van der Waals surface area contributed by atoms with Crippen LogP contribution in [0.15, 0.2) is 10.9 Å². The third kappa shape index (κ3) is 4.66. The molecule has 0 spiro atoms. The lowest BCUT2D eigenvalue weighted by atomic mass is 9.96. The molecule has 2 rings (SSSR count). The summed E-state index contributed by atoms with van der Waals surface area (Å²) < 4.78 is 37.6. The number of likely N-dealkylation sites (tertiary alicyclic amines) is 1. The lowest BCUT2D eigenvalue weighted by molar-refractivity contribution is -0.164. The van der Waals surface area contributed by atoms with Gasteiger partial charge in [0.25, 0.3) is 5.91 Å². The van der Waals surface area contributed by atoms with Crippen molar-refractivity contribution in [2.75, 3.05) is 26.2 Å². The van der Waals surface area contributed by atoms with Gasteiger partial charge >= 0.3 is 6.18 Å². The summed E-state index contributed by atoms with van der Waals surface area (Å²) in [7, 11) is 0. The molecule has 5 nitrogen and oxygen atoms in total. The minimum Gasteiger partial charge on any atom is -0.336 e. The van der Waals surface area contributed by atoms with Crippen LogP contribution < -0.4 is 0 Å². The van der Waals surface area contributed by atoms with Gasteiger partial charge in [0.05, 0.1) is 11.4 Å². The fraction of sp³-hybridized carbons (Fsp3) is 0.643. The maximum atomic E-state index is 12.5. The lowest BCUT2D eigenvalue weighted by Crippen LogP contribution is -2.48. The molecule has 1 atom stereocenters. The van der Waals surface area contributed by atoms with Crippen molar-refractivity contribution in [1.29, 1.82) is 0 Å². The summed E-state index contributed by atoms with van der Waals surface area (Å²) in [5, 5.41) is 1.62. The molecule has 2 heterocycles. The number of thiazole rings is 1. The number of carbonyl (C=O) groups excluding carboxylic acids is 2. The molecule has 1 saturated heterocycles. The van der Waals surface area contributed by atoms with Gasteiger partial charge in [-0.05, 0) is 19.8 Å². The second-order valence-corrected chi connectivity index (χ2v) is 6.15. The number of alkyl halides is 3. The van der Waals surface area contributed by atoms with Crippen molar-refractivity contribution in [2.24, 2.45) is 5.92 Å². The van der Waals surface area contributed by atoms with E-state index in [1.54, 1.807) is 10.9 Å². The standard InChI is InChI=1S/C14H18F3N3O2S/c1-2-19(8-14(15,16)17)12(21)10-4-3-5-20(6-10)13(22)11-7-23-9-18-11/h7,9-10H,2-6,8H2,1H3/t10-/m0/s1. The molecule has 128 valence electrons. The minimum atomic E-state index is -4.42. The van der Waals surface area contributed by atoms with Crippen LogP contribution >= 0.6 is 11.3 Å². The molecule has 9 heteroatoms. The Morgan fingerprint density at radius 1 is 1.48 bits per heavy atom. The molecule has 0 saturated carbocycles. The Kier molecular flexibility index (Phi) is 5.61. The molecule has 1 aliphatic rings. The van der Waals surface area contributed by atoms with Gasteiger partial charge in [-0.1, -0.05) is 0 Å². The van der Waals surface area contributed by atoms with Crippen molar-refractivity contribution in [3.63, 3.8) is 0 Å². The Hall–Kier alpha value is -1.64. The van der Waals surface area contributed by atoms with E-state index in [9.17, 15) is 22.8 Å². The van der Waals surface area contributed by atoms with Crippen LogP contribution in [0.25, 0.3) is 0 Å². The summed E-state index contributed by atoms with van der Waals surface area (Å²) in [6.07, 6.45) is -3.33. The van der Waals surface area contributed by atoms with Gasteiger partial charge in [0.1, 0.15) is 12.2 Å². The van der Waals surface area contributed by atoms with E-state index in [-0.39, 0.29) is 19.0 Å². The molecular formula is C14H18F3N3O2S. The summed E-state index contributed by atoms with van der Waals surface area (Å²) in [4.78, 5) is 30.9. The monoisotopic (exact) mass is 349 g/mol. The van der Waals surface area contributed by atoms with Gasteiger partial charge in [0.15, 0.2) is 0 Å². The van der Waals surface area contributed by atoms with Crippen molar-refractivity contribution >= 4 is 23.2 Å². The van der Waals surface area contributed by atoms with Crippen molar-refractivity contribution in [1.82, 2.24) is 14.8 Å². The fourth-order valence-electron chi connectivity index (χ4n) is 2.66. The third-order valence-electron chi connectivity index (χ3n) is 3.77. The van der Waals surface area contributed by atoms with Crippen molar-refractivity contribution in [3.05, 3.63) is 16.6 Å². The van der Waals surface area contributed by atoms with Gasteiger partial charge in [-0.2, -0.15) is 13.2 Å². The lowest BCUT2D eigenvalue weighted by Gasteiger charge is -2.34. The maximum Gasteiger partial charge on any atom is 0.406 e. The molecule has 0 aromatic carbocycles. The smallest absolute Gasteiger partial charge is 0.336 e. The van der Waals surface area contributed by atoms with Gasteiger partial charge in [-0.15, -0.1) is 11.3 Å². The van der Waals surface area contributed by atoms with Crippen LogP contribution in [0.1, 0.15) is 30.3 Å². The van der Waals surface area contributed by atoms with E-state index in [0.29, 0.717) is 25.1 Å². The molecular weight excluding hydrogens is 331 g/mol. The van der Waals surface area contributed by atoms with Crippen LogP contribution in [0, 0.1) is 5.92 Å². The number of nitrogens with zero attached hydrogens (tertiary/aromatic N) is 3. The maximum absolute atomic E-state index is 12.5. The largest absolute Gasteiger partial charge is 0.406 e. The van der Waals surface area contributed by atoms with E-state index in [1.807, 2.05) is 0 Å². The Morgan fingerprint density at radius 2 is 2.22 bits per heavy atom. The van der Waals surface area contributed by atoms with E-state index < -0.39 is 24.5 Å². The normalized spacial score (nSPS) is 18.8. The second-order valence-electron chi connectivity index (χ2n) is 5.43. The highest BCUT2D eigenvalue weighted by Crippen LogP contribution is 2.23. The number of carbonyl (C=O) groups is 2. The molecule has 23 heavy (non-hydrogen) atoms. The van der Waals surface area contributed by atoms with Gasteiger partial charge in [0.2, 0.25) is 5.91 Å². The molecule has 0 bridgehead atoms. The fourth-order valence-corrected chi connectivity index (χ4v) is 3.19. The summed E-state index contributed by atoms with van der Waals surface area (Å²) in [5.41, 5.74) is 1.85. The van der Waals surface area contributed by atoms with Crippen molar-refractivity contribution < 1.29 is 22.8 Å². The Morgan fingerprint density at radius 3 is 2.78 bits per heavy atom. The van der Waals surface area contributed by atoms with Crippen LogP contribution in [0.5, 0.6) is 0 Å². The molecule has 0 radical (unpaired) electrons. The zero-order valence-electron chi connectivity index (χ0n) is 12.7.